The van der Waals surface area contributed by atoms with Crippen LogP contribution in [-0.2, 0) is 25.6 Å². The first-order valence-electron chi connectivity index (χ1n) is 13.5. The second kappa shape index (κ2) is 12.6. The van der Waals surface area contributed by atoms with Gasteiger partial charge in [0.05, 0.1) is 13.2 Å². The topological polar surface area (TPSA) is 118 Å². The number of urea groups is 1. The van der Waals surface area contributed by atoms with E-state index in [4.69, 9.17) is 14.2 Å². The van der Waals surface area contributed by atoms with Gasteiger partial charge in [0, 0.05) is 38.6 Å². The highest BCUT2D eigenvalue weighted by Crippen LogP contribution is 2.45. The van der Waals surface area contributed by atoms with E-state index in [1.54, 1.807) is 12.0 Å². The number of amides is 3. The number of hydrogen-bond donors (Lipinski definition) is 2. The maximum absolute atomic E-state index is 14.0. The van der Waals surface area contributed by atoms with Gasteiger partial charge in [-0.25, -0.2) is 9.59 Å². The molecule has 4 rings (SSSR count). The highest BCUT2D eigenvalue weighted by molar-refractivity contribution is 5.94. The van der Waals surface area contributed by atoms with Crippen LogP contribution in [0.1, 0.15) is 51.0 Å². The summed E-state index contributed by atoms with van der Waals surface area (Å²) in [6.07, 6.45) is 7.70. The SMILES string of the molecule is CCOCOC1CC2C(=O)NC3(C(=O)O)CC3/C=C/CCCCCN(Cc3ccc(OC)cc3)C(=O)N2C1. The van der Waals surface area contributed by atoms with Crippen LogP contribution in [0.4, 0.5) is 4.79 Å². The molecule has 10 heteroatoms. The number of benzene rings is 1. The molecule has 1 aromatic carbocycles. The number of methoxy groups -OCH3 is 1. The van der Waals surface area contributed by atoms with Crippen LogP contribution >= 0.6 is 0 Å². The van der Waals surface area contributed by atoms with E-state index in [0.717, 1.165) is 37.0 Å². The molecule has 208 valence electrons. The molecule has 0 bridgehead atoms. The average Bonchev–Trinajstić information content (AvgIpc) is 3.44. The molecule has 2 N–H and O–H groups in total. The molecule has 1 aliphatic carbocycles. The Bertz CT molecular complexity index is 1010. The zero-order valence-corrected chi connectivity index (χ0v) is 22.3. The van der Waals surface area contributed by atoms with Gasteiger partial charge in [-0.15, -0.1) is 0 Å². The number of carboxylic acid groups (broad SMARTS) is 1. The number of rotatable bonds is 8. The third kappa shape index (κ3) is 6.47. The molecule has 1 saturated carbocycles. The summed E-state index contributed by atoms with van der Waals surface area (Å²) in [6, 6.07) is 6.49. The molecule has 4 unspecified atom stereocenters. The zero-order chi connectivity index (χ0) is 27.1. The smallest absolute Gasteiger partial charge is 0.330 e. The fraction of sp³-hybridized carbons (Fsp3) is 0.607. The summed E-state index contributed by atoms with van der Waals surface area (Å²) in [6.45, 7) is 3.59. The Morgan fingerprint density at radius 2 is 1.97 bits per heavy atom. The fourth-order valence-corrected chi connectivity index (χ4v) is 5.25. The van der Waals surface area contributed by atoms with Crippen molar-refractivity contribution in [1.29, 1.82) is 0 Å². The summed E-state index contributed by atoms with van der Waals surface area (Å²) in [5.74, 6) is -1.03. The van der Waals surface area contributed by atoms with Crippen molar-refractivity contribution in [3.63, 3.8) is 0 Å². The van der Waals surface area contributed by atoms with Crippen LogP contribution < -0.4 is 10.1 Å². The van der Waals surface area contributed by atoms with Crippen LogP contribution in [0.15, 0.2) is 36.4 Å². The molecule has 10 nitrogen and oxygen atoms in total. The number of aliphatic carboxylic acids is 1. The van der Waals surface area contributed by atoms with Crippen molar-refractivity contribution in [2.45, 2.75) is 69.7 Å². The Morgan fingerprint density at radius 3 is 2.68 bits per heavy atom. The predicted octanol–water partition coefficient (Wildman–Crippen LogP) is 3.16. The molecule has 2 aliphatic heterocycles. The molecule has 38 heavy (non-hydrogen) atoms. The normalized spacial score (nSPS) is 28.9. The van der Waals surface area contributed by atoms with Gasteiger partial charge in [-0.3, -0.25) is 4.79 Å². The third-order valence-corrected chi connectivity index (χ3v) is 7.62. The molecular formula is C28H39N3O7. The van der Waals surface area contributed by atoms with Crippen LogP contribution in [0.25, 0.3) is 0 Å². The summed E-state index contributed by atoms with van der Waals surface area (Å²) in [4.78, 5) is 43.0. The number of carbonyl (C=O) groups is 3. The highest BCUT2D eigenvalue weighted by atomic mass is 16.7. The Kier molecular flexibility index (Phi) is 9.27. The van der Waals surface area contributed by atoms with Gasteiger partial charge in [-0.1, -0.05) is 30.7 Å². The van der Waals surface area contributed by atoms with Crippen molar-refractivity contribution in [2.24, 2.45) is 5.92 Å². The molecule has 0 aromatic heterocycles. The van der Waals surface area contributed by atoms with Crippen LogP contribution in [0.3, 0.4) is 0 Å². The van der Waals surface area contributed by atoms with E-state index in [9.17, 15) is 19.5 Å². The number of carbonyl (C=O) groups excluding carboxylic acids is 2. The van der Waals surface area contributed by atoms with Gasteiger partial charge in [0.25, 0.3) is 0 Å². The van der Waals surface area contributed by atoms with Crippen molar-refractivity contribution in [1.82, 2.24) is 15.1 Å². The summed E-state index contributed by atoms with van der Waals surface area (Å²) in [7, 11) is 1.61. The van der Waals surface area contributed by atoms with E-state index in [-0.39, 0.29) is 31.7 Å². The van der Waals surface area contributed by atoms with Crippen molar-refractivity contribution >= 4 is 17.9 Å². The Balaban J connectivity index is 1.58. The summed E-state index contributed by atoms with van der Waals surface area (Å²) >= 11 is 0. The summed E-state index contributed by atoms with van der Waals surface area (Å²) < 4.78 is 16.4. The molecule has 3 amide bonds. The lowest BCUT2D eigenvalue weighted by atomic mass is 10.1. The minimum absolute atomic E-state index is 0.0685. The fourth-order valence-electron chi connectivity index (χ4n) is 5.25. The van der Waals surface area contributed by atoms with Crippen LogP contribution in [0.5, 0.6) is 5.75 Å². The standard InChI is InChI=1S/C28H39N3O7/c1-3-37-19-38-23-15-24-25(32)29-28(26(33)34)16-21(28)9-7-5-4-6-8-14-30(27(35)31(24)18-23)17-20-10-12-22(36-2)13-11-20/h7,9-13,21,23-24H,3-6,8,14-19H2,1-2H3,(H,29,32)(H,33,34)/b9-7+. The Labute approximate surface area is 223 Å². The first-order chi connectivity index (χ1) is 18.4. The molecular weight excluding hydrogens is 490 g/mol. The number of hydrogen-bond acceptors (Lipinski definition) is 6. The molecule has 4 atom stereocenters. The zero-order valence-electron chi connectivity index (χ0n) is 22.3. The molecule has 2 fully saturated rings. The van der Waals surface area contributed by atoms with Gasteiger partial charge in [-0.2, -0.15) is 0 Å². The number of carboxylic acids is 1. The number of ether oxygens (including phenoxy) is 3. The van der Waals surface area contributed by atoms with E-state index in [1.165, 1.54) is 4.90 Å². The Morgan fingerprint density at radius 1 is 1.18 bits per heavy atom. The number of allylic oxidation sites excluding steroid dienone is 1. The largest absolute Gasteiger partial charge is 0.497 e. The summed E-state index contributed by atoms with van der Waals surface area (Å²) in [5, 5.41) is 12.7. The number of fused-ring (bicyclic) bond motifs is 2. The molecule has 2 heterocycles. The van der Waals surface area contributed by atoms with Crippen molar-refractivity contribution < 1.29 is 33.7 Å². The van der Waals surface area contributed by atoms with E-state index < -0.39 is 29.6 Å². The molecule has 1 saturated heterocycles. The molecule has 0 spiro atoms. The Hall–Kier alpha value is -3.11. The van der Waals surface area contributed by atoms with E-state index >= 15 is 0 Å². The lowest BCUT2D eigenvalue weighted by Gasteiger charge is -2.32. The van der Waals surface area contributed by atoms with Gasteiger partial charge in [0.1, 0.15) is 24.1 Å². The highest BCUT2D eigenvalue weighted by Gasteiger charge is 2.61. The predicted molar refractivity (Wildman–Crippen MR) is 140 cm³/mol. The second-order valence-corrected chi connectivity index (χ2v) is 10.2. The molecule has 0 radical (unpaired) electrons. The molecule has 3 aliphatic rings. The maximum Gasteiger partial charge on any atom is 0.330 e. The average molecular weight is 530 g/mol. The minimum Gasteiger partial charge on any atom is -0.497 e. The van der Waals surface area contributed by atoms with E-state index in [0.29, 0.717) is 26.1 Å². The second-order valence-electron chi connectivity index (χ2n) is 10.2. The van der Waals surface area contributed by atoms with Crippen LogP contribution in [0, 0.1) is 5.92 Å². The minimum atomic E-state index is -1.32. The van der Waals surface area contributed by atoms with Crippen LogP contribution in [-0.4, -0.2) is 84.1 Å². The first kappa shape index (κ1) is 27.9. The van der Waals surface area contributed by atoms with Crippen molar-refractivity contribution in [2.75, 3.05) is 33.6 Å². The maximum atomic E-state index is 14.0. The number of nitrogens with zero attached hydrogens (tertiary/aromatic N) is 2. The lowest BCUT2D eigenvalue weighted by molar-refractivity contribution is -0.144. The first-order valence-corrected chi connectivity index (χ1v) is 13.5. The van der Waals surface area contributed by atoms with Gasteiger partial charge < -0.3 is 34.4 Å². The van der Waals surface area contributed by atoms with Crippen molar-refractivity contribution in [3.8, 4) is 5.75 Å². The van der Waals surface area contributed by atoms with Gasteiger partial charge in [0.15, 0.2) is 0 Å². The number of nitrogens with one attached hydrogen (secondary N) is 1. The van der Waals surface area contributed by atoms with E-state index in [2.05, 4.69) is 5.32 Å². The van der Waals surface area contributed by atoms with Gasteiger partial charge >= 0.3 is 12.0 Å². The van der Waals surface area contributed by atoms with E-state index in [1.807, 2.05) is 43.3 Å². The monoisotopic (exact) mass is 529 g/mol. The third-order valence-electron chi connectivity index (χ3n) is 7.62. The van der Waals surface area contributed by atoms with Gasteiger partial charge in [-0.05, 0) is 50.3 Å². The van der Waals surface area contributed by atoms with Crippen LogP contribution in [0.2, 0.25) is 0 Å². The quantitative estimate of drug-likeness (QED) is 0.302. The molecule has 1 aromatic rings. The van der Waals surface area contributed by atoms with Gasteiger partial charge in [0.2, 0.25) is 5.91 Å². The lowest BCUT2D eigenvalue weighted by Crippen LogP contribution is -2.55. The van der Waals surface area contributed by atoms with Crippen molar-refractivity contribution in [3.05, 3.63) is 42.0 Å². The summed E-state index contributed by atoms with van der Waals surface area (Å²) in [5.41, 5.74) is -0.370.